The molecule has 1 saturated heterocycles. The van der Waals surface area contributed by atoms with Gasteiger partial charge in [0.2, 0.25) is 5.95 Å². The number of aliphatic hydroxyl groups excluding tert-OH is 2. The van der Waals surface area contributed by atoms with Crippen LogP contribution in [0.1, 0.15) is 5.37 Å². The highest BCUT2D eigenvalue weighted by Gasteiger charge is 2.40. The Balaban J connectivity index is 2.15. The first-order valence-corrected chi connectivity index (χ1v) is 6.98. The van der Waals surface area contributed by atoms with Gasteiger partial charge in [-0.15, -0.1) is 11.8 Å². The molecule has 0 aromatic carbocycles. The van der Waals surface area contributed by atoms with Crippen molar-refractivity contribution in [1.82, 2.24) is 19.5 Å². The van der Waals surface area contributed by atoms with Crippen molar-refractivity contribution < 1.29 is 14.6 Å². The van der Waals surface area contributed by atoms with E-state index in [0.717, 1.165) is 11.8 Å². The maximum atomic E-state index is 13.1. The number of thioether (sulfide) groups is 1. The van der Waals surface area contributed by atoms with E-state index in [1.165, 1.54) is 10.9 Å². The van der Waals surface area contributed by atoms with Crippen LogP contribution in [0.4, 0.5) is 10.3 Å². The SMILES string of the molecule is Nc1nc2c(ncn2[C@@H]2S[C@H](CO)[C@@H](O)/C2=C\F)c(=O)[nH]1. The van der Waals surface area contributed by atoms with Gasteiger partial charge in [0, 0.05) is 5.57 Å². The Morgan fingerprint density at radius 1 is 1.62 bits per heavy atom. The predicted octanol–water partition coefficient (Wildman–Crippen LogP) is -0.478. The summed E-state index contributed by atoms with van der Waals surface area (Å²) < 4.78 is 14.5. The molecule has 2 aromatic heterocycles. The average Bonchev–Trinajstić information content (AvgIpc) is 2.99. The third-order valence-electron chi connectivity index (χ3n) is 3.29. The number of fused-ring (bicyclic) bond motifs is 1. The number of anilines is 1. The minimum Gasteiger partial charge on any atom is -0.395 e. The fourth-order valence-electron chi connectivity index (χ4n) is 2.28. The lowest BCUT2D eigenvalue weighted by molar-refractivity contribution is 0.170. The second kappa shape index (κ2) is 5.13. The number of nitrogen functional groups attached to an aromatic ring is 1. The molecule has 0 saturated carbocycles. The molecule has 21 heavy (non-hydrogen) atoms. The van der Waals surface area contributed by atoms with Gasteiger partial charge in [-0.05, 0) is 0 Å². The number of aromatic nitrogens is 4. The molecule has 5 N–H and O–H groups in total. The molecule has 0 aliphatic carbocycles. The molecule has 8 nitrogen and oxygen atoms in total. The molecule has 2 aromatic rings. The van der Waals surface area contributed by atoms with E-state index in [9.17, 15) is 19.4 Å². The van der Waals surface area contributed by atoms with E-state index in [-0.39, 0.29) is 29.3 Å². The first-order valence-electron chi connectivity index (χ1n) is 6.03. The van der Waals surface area contributed by atoms with Gasteiger partial charge >= 0.3 is 0 Å². The molecule has 3 heterocycles. The highest BCUT2D eigenvalue weighted by molar-refractivity contribution is 8.00. The fraction of sp³-hybridized carbons (Fsp3) is 0.364. The number of nitrogens with zero attached hydrogens (tertiary/aromatic N) is 3. The lowest BCUT2D eigenvalue weighted by Crippen LogP contribution is -2.22. The van der Waals surface area contributed by atoms with Gasteiger partial charge < -0.3 is 15.9 Å². The van der Waals surface area contributed by atoms with E-state index < -0.39 is 22.3 Å². The summed E-state index contributed by atoms with van der Waals surface area (Å²) in [6, 6.07) is 0. The first-order chi connectivity index (χ1) is 10.1. The third-order valence-corrected chi connectivity index (χ3v) is 4.81. The Labute approximate surface area is 121 Å². The van der Waals surface area contributed by atoms with E-state index >= 15 is 0 Å². The number of hydrogen-bond donors (Lipinski definition) is 4. The summed E-state index contributed by atoms with van der Waals surface area (Å²) in [6.45, 7) is -0.303. The number of aliphatic hydroxyl groups is 2. The summed E-state index contributed by atoms with van der Waals surface area (Å²) in [5.41, 5.74) is 5.36. The number of imidazole rings is 1. The Kier molecular flexibility index (Phi) is 3.43. The summed E-state index contributed by atoms with van der Waals surface area (Å²) >= 11 is 1.16. The highest BCUT2D eigenvalue weighted by Crippen LogP contribution is 2.46. The van der Waals surface area contributed by atoms with E-state index in [0.29, 0.717) is 6.33 Å². The molecule has 1 fully saturated rings. The van der Waals surface area contributed by atoms with Crippen molar-refractivity contribution in [2.45, 2.75) is 16.7 Å². The second-order valence-corrected chi connectivity index (χ2v) is 5.86. The fourth-order valence-corrected chi connectivity index (χ4v) is 3.64. The van der Waals surface area contributed by atoms with Crippen molar-refractivity contribution in [3.05, 3.63) is 28.6 Å². The van der Waals surface area contributed by atoms with Gasteiger partial charge in [-0.2, -0.15) is 4.98 Å². The summed E-state index contributed by atoms with van der Waals surface area (Å²) in [5, 5.41) is 18.0. The van der Waals surface area contributed by atoms with Gasteiger partial charge in [-0.3, -0.25) is 14.3 Å². The van der Waals surface area contributed by atoms with E-state index in [1.807, 2.05) is 0 Å². The smallest absolute Gasteiger partial charge is 0.280 e. The van der Waals surface area contributed by atoms with Crippen molar-refractivity contribution in [1.29, 1.82) is 0 Å². The monoisotopic (exact) mass is 313 g/mol. The summed E-state index contributed by atoms with van der Waals surface area (Å²) in [6.07, 6.45) is 0.521. The van der Waals surface area contributed by atoms with Crippen LogP contribution in [0.15, 0.2) is 23.0 Å². The molecule has 0 unspecified atom stereocenters. The maximum absolute atomic E-state index is 13.1. The quantitative estimate of drug-likeness (QED) is 0.589. The minimum absolute atomic E-state index is 0.0740. The van der Waals surface area contributed by atoms with Gasteiger partial charge in [0.25, 0.3) is 5.56 Å². The summed E-state index contributed by atoms with van der Waals surface area (Å²) in [5.74, 6) is -0.0812. The number of nitrogens with two attached hydrogens (primary N) is 1. The van der Waals surface area contributed by atoms with Crippen molar-refractivity contribution in [2.24, 2.45) is 0 Å². The predicted molar refractivity (Wildman–Crippen MR) is 75.3 cm³/mol. The number of rotatable bonds is 2. The Hall–Kier alpha value is -1.91. The molecule has 0 spiro atoms. The van der Waals surface area contributed by atoms with E-state index in [2.05, 4.69) is 15.0 Å². The zero-order chi connectivity index (χ0) is 15.1. The zero-order valence-corrected chi connectivity index (χ0v) is 11.4. The topological polar surface area (TPSA) is 130 Å². The van der Waals surface area contributed by atoms with Crippen LogP contribution in [0.3, 0.4) is 0 Å². The van der Waals surface area contributed by atoms with Crippen LogP contribution in [0, 0.1) is 0 Å². The lowest BCUT2D eigenvalue weighted by Gasteiger charge is -2.13. The largest absolute Gasteiger partial charge is 0.395 e. The van der Waals surface area contributed by atoms with Crippen LogP contribution >= 0.6 is 11.8 Å². The van der Waals surface area contributed by atoms with Crippen molar-refractivity contribution >= 4 is 28.9 Å². The number of H-pyrrole nitrogens is 1. The van der Waals surface area contributed by atoms with Crippen LogP contribution < -0.4 is 11.3 Å². The first kappa shape index (κ1) is 14.0. The van der Waals surface area contributed by atoms with Crippen molar-refractivity contribution in [3.63, 3.8) is 0 Å². The van der Waals surface area contributed by atoms with Crippen LogP contribution in [0.5, 0.6) is 0 Å². The van der Waals surface area contributed by atoms with Gasteiger partial charge in [-0.25, -0.2) is 9.37 Å². The normalized spacial score (nSPS) is 27.8. The molecule has 0 radical (unpaired) electrons. The summed E-state index contributed by atoms with van der Waals surface area (Å²) in [7, 11) is 0. The van der Waals surface area contributed by atoms with E-state index in [1.54, 1.807) is 0 Å². The van der Waals surface area contributed by atoms with E-state index in [4.69, 9.17) is 5.73 Å². The molecule has 112 valence electrons. The van der Waals surface area contributed by atoms with Gasteiger partial charge in [-0.1, -0.05) is 0 Å². The van der Waals surface area contributed by atoms with Gasteiger partial charge in [0.1, 0.15) is 5.37 Å². The molecular weight excluding hydrogens is 301 g/mol. The van der Waals surface area contributed by atoms with Crippen LogP contribution in [0.2, 0.25) is 0 Å². The standard InChI is InChI=1S/C11H12FN5O3S/c12-1-4-7(19)5(2-18)21-10(4)17-3-14-6-8(17)15-11(13)16-9(6)20/h1,3,5,7,10,18-19H,2H2,(H3,13,15,16,20)/b4-1+/t5-,7+,10-/m1/s1. The number of aromatic amines is 1. The van der Waals surface area contributed by atoms with Crippen molar-refractivity contribution in [3.8, 4) is 0 Å². The summed E-state index contributed by atoms with van der Waals surface area (Å²) in [4.78, 5) is 22.0. The van der Waals surface area contributed by atoms with Crippen molar-refractivity contribution in [2.75, 3.05) is 12.3 Å². The Morgan fingerprint density at radius 3 is 3.05 bits per heavy atom. The minimum atomic E-state index is -1.12. The lowest BCUT2D eigenvalue weighted by atomic mass is 10.1. The van der Waals surface area contributed by atoms with Crippen LogP contribution in [-0.2, 0) is 0 Å². The van der Waals surface area contributed by atoms with Gasteiger partial charge in [0.05, 0.1) is 30.6 Å². The van der Waals surface area contributed by atoms with Crippen LogP contribution in [-0.4, -0.2) is 47.7 Å². The number of nitrogens with one attached hydrogen (secondary N) is 1. The number of hydrogen-bond acceptors (Lipinski definition) is 7. The average molecular weight is 313 g/mol. The van der Waals surface area contributed by atoms with Gasteiger partial charge in [0.15, 0.2) is 11.2 Å². The molecule has 3 rings (SSSR count). The molecule has 0 amide bonds. The number of halogens is 1. The zero-order valence-electron chi connectivity index (χ0n) is 10.6. The molecule has 0 bridgehead atoms. The molecule has 1 aliphatic rings. The second-order valence-electron chi connectivity index (χ2n) is 4.54. The Morgan fingerprint density at radius 2 is 2.38 bits per heavy atom. The molecule has 10 heteroatoms. The van der Waals surface area contributed by atoms with Crippen LogP contribution in [0.25, 0.3) is 11.2 Å². The third kappa shape index (κ3) is 2.11. The maximum Gasteiger partial charge on any atom is 0.280 e. The molecule has 3 atom stereocenters. The molecule has 1 aliphatic heterocycles. The highest BCUT2D eigenvalue weighted by atomic mass is 32.2. The Bertz CT molecular complexity index is 773. The molecular formula is C11H12FN5O3S.